The number of carbonyl (C=O) groups excluding carboxylic acids is 1. The molecule has 2 unspecified atom stereocenters. The second-order valence-electron chi connectivity index (χ2n) is 7.15. The number of amides is 1. The molecule has 0 spiro atoms. The van der Waals surface area contributed by atoms with Gasteiger partial charge in [-0.15, -0.1) is 0 Å². The normalized spacial score (nSPS) is 16.9. The fourth-order valence-electron chi connectivity index (χ4n) is 3.86. The molecule has 156 valence electrons. The molecule has 0 saturated carbocycles. The van der Waals surface area contributed by atoms with Gasteiger partial charge >= 0.3 is 0 Å². The number of fused-ring (bicyclic) bond motifs is 1. The molecule has 2 atom stereocenters. The summed E-state index contributed by atoms with van der Waals surface area (Å²) in [6.07, 6.45) is 0.186. The third kappa shape index (κ3) is 5.15. The lowest BCUT2D eigenvalue weighted by atomic mass is 9.87. The Morgan fingerprint density at radius 2 is 1.93 bits per heavy atom. The van der Waals surface area contributed by atoms with Crippen molar-refractivity contribution in [1.82, 2.24) is 10.2 Å². The van der Waals surface area contributed by atoms with Crippen molar-refractivity contribution < 1.29 is 19.4 Å². The first-order valence-electron chi connectivity index (χ1n) is 10.1. The maximum absolute atomic E-state index is 13.1. The summed E-state index contributed by atoms with van der Waals surface area (Å²) in [5.74, 6) is 0.804. The van der Waals surface area contributed by atoms with Crippen LogP contribution in [0.15, 0.2) is 48.5 Å². The fraction of sp³-hybridized carbons (Fsp3) is 0.435. The molecule has 1 aliphatic heterocycles. The number of methoxy groups -OCH3 is 1. The van der Waals surface area contributed by atoms with Crippen LogP contribution in [0.5, 0.6) is 5.75 Å². The Bertz CT molecular complexity index is 811. The number of nitrogens with zero attached hydrogens (tertiary/aromatic N) is 1. The van der Waals surface area contributed by atoms with E-state index in [-0.39, 0.29) is 25.1 Å². The minimum Gasteiger partial charge on any atom is -0.494 e. The minimum atomic E-state index is -0.635. The van der Waals surface area contributed by atoms with Gasteiger partial charge in [0, 0.05) is 25.8 Å². The van der Waals surface area contributed by atoms with Gasteiger partial charge in [-0.25, -0.2) is 0 Å². The number of benzene rings is 2. The lowest BCUT2D eigenvalue weighted by Gasteiger charge is -2.38. The van der Waals surface area contributed by atoms with Gasteiger partial charge in [0.15, 0.2) is 0 Å². The Morgan fingerprint density at radius 1 is 1.21 bits per heavy atom. The Hall–Kier alpha value is -2.41. The molecule has 6 heteroatoms. The molecule has 0 aliphatic carbocycles. The van der Waals surface area contributed by atoms with Crippen molar-refractivity contribution in [2.75, 3.05) is 40.0 Å². The van der Waals surface area contributed by atoms with E-state index in [9.17, 15) is 9.90 Å². The first kappa shape index (κ1) is 21.3. The molecule has 0 aromatic heterocycles. The van der Waals surface area contributed by atoms with Gasteiger partial charge < -0.3 is 24.8 Å². The predicted molar refractivity (Wildman–Crippen MR) is 112 cm³/mol. The smallest absolute Gasteiger partial charge is 0.237 e. The van der Waals surface area contributed by atoms with Crippen molar-refractivity contribution in [2.24, 2.45) is 0 Å². The zero-order chi connectivity index (χ0) is 20.6. The van der Waals surface area contributed by atoms with E-state index in [4.69, 9.17) is 9.47 Å². The Morgan fingerprint density at radius 3 is 2.69 bits per heavy atom. The fourth-order valence-corrected chi connectivity index (χ4v) is 3.86. The molecule has 1 amide bonds. The maximum atomic E-state index is 13.1. The summed E-state index contributed by atoms with van der Waals surface area (Å²) in [5.41, 5.74) is 3.39. The van der Waals surface area contributed by atoms with Crippen molar-refractivity contribution in [2.45, 2.75) is 25.5 Å². The van der Waals surface area contributed by atoms with Gasteiger partial charge in [-0.2, -0.15) is 0 Å². The molecule has 0 radical (unpaired) electrons. The van der Waals surface area contributed by atoms with E-state index in [2.05, 4.69) is 17.4 Å². The van der Waals surface area contributed by atoms with Crippen LogP contribution in [0.2, 0.25) is 0 Å². The number of aliphatic hydroxyl groups is 1. The zero-order valence-corrected chi connectivity index (χ0v) is 17.1. The second kappa shape index (κ2) is 10.4. The topological polar surface area (TPSA) is 71.0 Å². The summed E-state index contributed by atoms with van der Waals surface area (Å²) in [5, 5.41) is 12.8. The summed E-state index contributed by atoms with van der Waals surface area (Å²) < 4.78 is 10.8. The molecule has 0 saturated heterocycles. The molecule has 2 N–H and O–H groups in total. The number of rotatable bonds is 9. The highest BCUT2D eigenvalue weighted by atomic mass is 16.5. The number of carbonyl (C=O) groups is 1. The van der Waals surface area contributed by atoms with Crippen molar-refractivity contribution in [3.63, 3.8) is 0 Å². The van der Waals surface area contributed by atoms with Crippen molar-refractivity contribution in [1.29, 1.82) is 0 Å². The van der Waals surface area contributed by atoms with Gasteiger partial charge in [0.25, 0.3) is 0 Å². The highest BCUT2D eigenvalue weighted by Gasteiger charge is 2.33. The molecular weight excluding hydrogens is 368 g/mol. The molecule has 0 fully saturated rings. The number of hydrogen-bond donors (Lipinski definition) is 2. The van der Waals surface area contributed by atoms with Gasteiger partial charge in [0.05, 0.1) is 31.9 Å². The first-order valence-corrected chi connectivity index (χ1v) is 10.1. The van der Waals surface area contributed by atoms with Gasteiger partial charge in [-0.3, -0.25) is 4.79 Å². The summed E-state index contributed by atoms with van der Waals surface area (Å²) in [6.45, 7) is 3.88. The van der Waals surface area contributed by atoms with E-state index in [0.717, 1.165) is 23.3 Å². The lowest BCUT2D eigenvalue weighted by molar-refractivity contribution is -0.132. The summed E-state index contributed by atoms with van der Waals surface area (Å²) >= 11 is 0. The Labute approximate surface area is 172 Å². The highest BCUT2D eigenvalue weighted by molar-refractivity contribution is 5.80. The standard InChI is InChI=1S/C23H30N2O4/c1-3-29-21-11-7-6-10-20(21)23-19-9-5-4-8-17(19)12-13-25(23)22(27)15-24-14-18(26)16-28-2/h4-11,18,23-24,26H,3,12-16H2,1-2H3. The summed E-state index contributed by atoms with van der Waals surface area (Å²) in [6, 6.07) is 16.0. The van der Waals surface area contributed by atoms with Gasteiger partial charge in [-0.05, 0) is 30.5 Å². The number of para-hydroxylation sites is 1. The van der Waals surface area contributed by atoms with Crippen molar-refractivity contribution >= 4 is 5.91 Å². The molecule has 3 rings (SSSR count). The third-order valence-electron chi connectivity index (χ3n) is 5.13. The molecule has 2 aromatic carbocycles. The van der Waals surface area contributed by atoms with Crippen LogP contribution in [0.1, 0.15) is 29.7 Å². The first-order chi connectivity index (χ1) is 14.2. The largest absolute Gasteiger partial charge is 0.494 e. The van der Waals surface area contributed by atoms with Crippen LogP contribution in [0.4, 0.5) is 0 Å². The lowest BCUT2D eigenvalue weighted by Crippen LogP contribution is -2.45. The van der Waals surface area contributed by atoms with Crippen LogP contribution in [0, 0.1) is 0 Å². The van der Waals surface area contributed by atoms with Gasteiger partial charge in [0.1, 0.15) is 5.75 Å². The summed E-state index contributed by atoms with van der Waals surface area (Å²) in [4.78, 5) is 15.0. The Balaban J connectivity index is 1.85. The van der Waals surface area contributed by atoms with Crippen LogP contribution in [0.3, 0.4) is 0 Å². The van der Waals surface area contributed by atoms with Crippen LogP contribution in [-0.2, 0) is 16.0 Å². The van der Waals surface area contributed by atoms with E-state index < -0.39 is 6.10 Å². The molecule has 29 heavy (non-hydrogen) atoms. The molecule has 2 aromatic rings. The average molecular weight is 399 g/mol. The van der Waals surface area contributed by atoms with Crippen molar-refractivity contribution in [3.8, 4) is 5.75 Å². The predicted octanol–water partition coefficient (Wildman–Crippen LogP) is 2.16. The van der Waals surface area contributed by atoms with E-state index in [1.807, 2.05) is 48.2 Å². The maximum Gasteiger partial charge on any atom is 0.237 e. The number of nitrogens with one attached hydrogen (secondary N) is 1. The quantitative estimate of drug-likeness (QED) is 0.677. The van der Waals surface area contributed by atoms with E-state index in [1.165, 1.54) is 5.56 Å². The molecule has 1 aliphatic rings. The number of aliphatic hydroxyl groups excluding tert-OH is 1. The second-order valence-corrected chi connectivity index (χ2v) is 7.15. The van der Waals surface area contributed by atoms with Crippen LogP contribution in [-0.4, -0.2) is 62.0 Å². The minimum absolute atomic E-state index is 0.000390. The van der Waals surface area contributed by atoms with E-state index >= 15 is 0 Å². The monoisotopic (exact) mass is 398 g/mol. The van der Waals surface area contributed by atoms with Crippen LogP contribution in [0.25, 0.3) is 0 Å². The third-order valence-corrected chi connectivity index (χ3v) is 5.13. The SMILES string of the molecule is CCOc1ccccc1C1c2ccccc2CCN1C(=O)CNCC(O)COC. The Kier molecular flexibility index (Phi) is 7.63. The molecule has 0 bridgehead atoms. The molecule has 1 heterocycles. The van der Waals surface area contributed by atoms with Crippen LogP contribution >= 0.6 is 0 Å². The summed E-state index contributed by atoms with van der Waals surface area (Å²) in [7, 11) is 1.54. The zero-order valence-electron chi connectivity index (χ0n) is 17.1. The van der Waals surface area contributed by atoms with E-state index in [1.54, 1.807) is 7.11 Å². The van der Waals surface area contributed by atoms with Gasteiger partial charge in [-0.1, -0.05) is 42.5 Å². The number of hydrogen-bond acceptors (Lipinski definition) is 5. The average Bonchev–Trinajstić information content (AvgIpc) is 2.74. The number of ether oxygens (including phenoxy) is 2. The van der Waals surface area contributed by atoms with Crippen molar-refractivity contribution in [3.05, 3.63) is 65.2 Å². The highest BCUT2D eigenvalue weighted by Crippen LogP contribution is 2.39. The molecule has 6 nitrogen and oxygen atoms in total. The van der Waals surface area contributed by atoms with E-state index in [0.29, 0.717) is 19.7 Å². The van der Waals surface area contributed by atoms with Crippen LogP contribution < -0.4 is 10.1 Å². The van der Waals surface area contributed by atoms with Gasteiger partial charge in [0.2, 0.25) is 5.91 Å². The molecular formula is C23H30N2O4.